The lowest BCUT2D eigenvalue weighted by Gasteiger charge is -2.27. The molecular formula is C15H23NO2. The maximum Gasteiger partial charge on any atom is 0.119 e. The number of methoxy groups -OCH3 is 1. The number of ether oxygens (including phenoxy) is 1. The highest BCUT2D eigenvalue weighted by atomic mass is 16.5. The average Bonchev–Trinajstić information content (AvgIpc) is 2.38. The molecule has 0 aliphatic heterocycles. The number of aliphatic hydroxyl groups excluding tert-OH is 1. The smallest absolute Gasteiger partial charge is 0.119 e. The van der Waals surface area contributed by atoms with Crippen LogP contribution in [0.2, 0.25) is 0 Å². The van der Waals surface area contributed by atoms with Gasteiger partial charge in [0.25, 0.3) is 0 Å². The standard InChI is InChI=1S/C15H23NO2/c1-6-14(11(2)15(17)16(3)4)12-8-7-9-13(10-12)18-5/h6-11,15,17H,1-5H3/b14-6-/t11-,15?/m0/s1. The Morgan fingerprint density at radius 2 is 2.06 bits per heavy atom. The summed E-state index contributed by atoms with van der Waals surface area (Å²) in [5.41, 5.74) is 2.21. The Labute approximate surface area is 110 Å². The summed E-state index contributed by atoms with van der Waals surface area (Å²) in [4.78, 5) is 1.81. The van der Waals surface area contributed by atoms with E-state index in [2.05, 4.69) is 0 Å². The molecular weight excluding hydrogens is 226 g/mol. The van der Waals surface area contributed by atoms with Crippen molar-refractivity contribution in [3.05, 3.63) is 35.9 Å². The summed E-state index contributed by atoms with van der Waals surface area (Å²) in [6.45, 7) is 4.02. The zero-order valence-electron chi connectivity index (χ0n) is 11.8. The first kappa shape index (κ1) is 14.7. The molecule has 3 nitrogen and oxygen atoms in total. The molecule has 0 fully saturated rings. The third kappa shape index (κ3) is 3.34. The quantitative estimate of drug-likeness (QED) is 0.814. The molecule has 0 aromatic heterocycles. The van der Waals surface area contributed by atoms with E-state index in [-0.39, 0.29) is 5.92 Å². The molecule has 3 heteroatoms. The van der Waals surface area contributed by atoms with Crippen LogP contribution < -0.4 is 4.74 Å². The van der Waals surface area contributed by atoms with E-state index in [1.807, 2.05) is 63.2 Å². The zero-order chi connectivity index (χ0) is 13.7. The molecule has 1 rings (SSSR count). The fourth-order valence-electron chi connectivity index (χ4n) is 2.10. The van der Waals surface area contributed by atoms with Gasteiger partial charge in [-0.1, -0.05) is 25.1 Å². The van der Waals surface area contributed by atoms with Crippen molar-refractivity contribution in [3.63, 3.8) is 0 Å². The lowest BCUT2D eigenvalue weighted by Crippen LogP contribution is -2.34. The van der Waals surface area contributed by atoms with E-state index in [4.69, 9.17) is 4.74 Å². The van der Waals surface area contributed by atoms with E-state index in [0.29, 0.717) is 0 Å². The lowest BCUT2D eigenvalue weighted by atomic mass is 9.92. The normalized spacial score (nSPS) is 15.6. The first-order valence-electron chi connectivity index (χ1n) is 6.16. The second-order valence-electron chi connectivity index (χ2n) is 4.64. The van der Waals surface area contributed by atoms with Gasteiger partial charge in [0.2, 0.25) is 0 Å². The molecule has 1 unspecified atom stereocenters. The van der Waals surface area contributed by atoms with Crippen molar-refractivity contribution in [2.24, 2.45) is 5.92 Å². The first-order valence-corrected chi connectivity index (χ1v) is 6.16. The van der Waals surface area contributed by atoms with Crippen molar-refractivity contribution >= 4 is 5.57 Å². The van der Waals surface area contributed by atoms with E-state index >= 15 is 0 Å². The fraction of sp³-hybridized carbons (Fsp3) is 0.467. The van der Waals surface area contributed by atoms with Gasteiger partial charge in [-0.05, 0) is 44.3 Å². The number of benzene rings is 1. The summed E-state index contributed by atoms with van der Waals surface area (Å²) < 4.78 is 5.24. The molecule has 0 saturated carbocycles. The summed E-state index contributed by atoms with van der Waals surface area (Å²) >= 11 is 0. The topological polar surface area (TPSA) is 32.7 Å². The molecule has 2 atom stereocenters. The number of hydrogen-bond donors (Lipinski definition) is 1. The Balaban J connectivity index is 3.03. The lowest BCUT2D eigenvalue weighted by molar-refractivity contribution is 0.0146. The SMILES string of the molecule is C/C=C(\c1cccc(OC)c1)[C@H](C)C(O)N(C)C. The Kier molecular flexibility index (Phi) is 5.38. The number of nitrogens with zero attached hydrogens (tertiary/aromatic N) is 1. The summed E-state index contributed by atoms with van der Waals surface area (Å²) in [7, 11) is 5.41. The fourth-order valence-corrected chi connectivity index (χ4v) is 2.10. The van der Waals surface area contributed by atoms with Crippen molar-refractivity contribution in [2.75, 3.05) is 21.2 Å². The molecule has 0 heterocycles. The first-order chi connectivity index (χ1) is 8.51. The maximum atomic E-state index is 10.1. The van der Waals surface area contributed by atoms with Crippen LogP contribution >= 0.6 is 0 Å². The highest BCUT2D eigenvalue weighted by molar-refractivity contribution is 5.68. The van der Waals surface area contributed by atoms with Crippen LogP contribution in [0.4, 0.5) is 0 Å². The van der Waals surface area contributed by atoms with Gasteiger partial charge in [-0.3, -0.25) is 4.90 Å². The number of rotatable bonds is 5. The Morgan fingerprint density at radius 1 is 1.39 bits per heavy atom. The highest BCUT2D eigenvalue weighted by Crippen LogP contribution is 2.28. The number of hydrogen-bond acceptors (Lipinski definition) is 3. The predicted octanol–water partition coefficient (Wildman–Crippen LogP) is 2.61. The average molecular weight is 249 g/mol. The van der Waals surface area contributed by atoms with Gasteiger partial charge in [0.1, 0.15) is 12.0 Å². The molecule has 0 amide bonds. The van der Waals surface area contributed by atoms with E-state index < -0.39 is 6.23 Å². The predicted molar refractivity (Wildman–Crippen MR) is 75.5 cm³/mol. The maximum absolute atomic E-state index is 10.1. The highest BCUT2D eigenvalue weighted by Gasteiger charge is 2.21. The zero-order valence-corrected chi connectivity index (χ0v) is 11.8. The van der Waals surface area contributed by atoms with Gasteiger partial charge in [-0.15, -0.1) is 0 Å². The van der Waals surface area contributed by atoms with E-state index in [1.165, 1.54) is 0 Å². The molecule has 0 aliphatic carbocycles. The summed E-state index contributed by atoms with van der Waals surface area (Å²) in [5.74, 6) is 0.871. The van der Waals surface area contributed by atoms with Crippen LogP contribution in [0.3, 0.4) is 0 Å². The van der Waals surface area contributed by atoms with Gasteiger partial charge < -0.3 is 9.84 Å². The van der Waals surface area contributed by atoms with Crippen LogP contribution in [-0.2, 0) is 0 Å². The van der Waals surface area contributed by atoms with E-state index in [9.17, 15) is 5.11 Å². The molecule has 18 heavy (non-hydrogen) atoms. The summed E-state index contributed by atoms with van der Waals surface area (Å²) in [5, 5.41) is 10.1. The number of aliphatic hydroxyl groups is 1. The van der Waals surface area contributed by atoms with Crippen LogP contribution in [0.25, 0.3) is 5.57 Å². The van der Waals surface area contributed by atoms with Gasteiger partial charge in [0, 0.05) is 5.92 Å². The van der Waals surface area contributed by atoms with Crippen molar-refractivity contribution in [2.45, 2.75) is 20.1 Å². The van der Waals surface area contributed by atoms with Crippen LogP contribution in [0, 0.1) is 5.92 Å². The molecule has 0 saturated heterocycles. The Morgan fingerprint density at radius 3 is 2.56 bits per heavy atom. The minimum atomic E-state index is -0.498. The third-order valence-corrected chi connectivity index (χ3v) is 3.18. The van der Waals surface area contributed by atoms with Gasteiger partial charge in [-0.2, -0.15) is 0 Å². The molecule has 0 spiro atoms. The second-order valence-corrected chi connectivity index (χ2v) is 4.64. The largest absolute Gasteiger partial charge is 0.497 e. The number of allylic oxidation sites excluding steroid dienone is 1. The molecule has 1 N–H and O–H groups in total. The second kappa shape index (κ2) is 6.57. The molecule has 0 bridgehead atoms. The molecule has 100 valence electrons. The Hall–Kier alpha value is -1.32. The van der Waals surface area contributed by atoms with Gasteiger partial charge in [0.05, 0.1) is 7.11 Å². The molecule has 0 aliphatic rings. The molecule has 0 radical (unpaired) electrons. The van der Waals surface area contributed by atoms with Gasteiger partial charge >= 0.3 is 0 Å². The van der Waals surface area contributed by atoms with Crippen molar-refractivity contribution in [1.29, 1.82) is 0 Å². The monoisotopic (exact) mass is 249 g/mol. The third-order valence-electron chi connectivity index (χ3n) is 3.18. The van der Waals surface area contributed by atoms with Crippen LogP contribution in [0.5, 0.6) is 5.75 Å². The minimum absolute atomic E-state index is 0.0390. The van der Waals surface area contributed by atoms with Crippen LogP contribution in [0.15, 0.2) is 30.3 Å². The molecule has 1 aromatic rings. The van der Waals surface area contributed by atoms with Gasteiger partial charge in [0.15, 0.2) is 0 Å². The Bertz CT molecular complexity index is 413. The van der Waals surface area contributed by atoms with Gasteiger partial charge in [-0.25, -0.2) is 0 Å². The summed E-state index contributed by atoms with van der Waals surface area (Å²) in [6, 6.07) is 7.92. The summed E-state index contributed by atoms with van der Waals surface area (Å²) in [6.07, 6.45) is 1.55. The van der Waals surface area contributed by atoms with Crippen molar-refractivity contribution < 1.29 is 9.84 Å². The molecule has 1 aromatic carbocycles. The van der Waals surface area contributed by atoms with E-state index in [0.717, 1.165) is 16.9 Å². The van der Waals surface area contributed by atoms with Crippen molar-refractivity contribution in [1.82, 2.24) is 4.90 Å². The minimum Gasteiger partial charge on any atom is -0.497 e. The van der Waals surface area contributed by atoms with Crippen molar-refractivity contribution in [3.8, 4) is 5.75 Å². The van der Waals surface area contributed by atoms with Crippen LogP contribution in [0.1, 0.15) is 19.4 Å². The van der Waals surface area contributed by atoms with Crippen LogP contribution in [-0.4, -0.2) is 37.4 Å². The van der Waals surface area contributed by atoms with E-state index in [1.54, 1.807) is 7.11 Å².